The molecule has 1 N–H and O–H groups in total. The molecule has 0 aliphatic heterocycles. The average Bonchev–Trinajstić information content (AvgIpc) is 2.46. The van der Waals surface area contributed by atoms with Crippen LogP contribution in [0.2, 0.25) is 5.02 Å². The number of aromatic nitrogens is 1. The van der Waals surface area contributed by atoms with E-state index in [0.717, 1.165) is 5.56 Å². The van der Waals surface area contributed by atoms with Crippen molar-refractivity contribution in [2.75, 3.05) is 19.4 Å². The number of nitrogens with one attached hydrogen (secondary N) is 1. The second-order valence-corrected chi connectivity index (χ2v) is 5.00. The molecule has 0 aliphatic rings. The van der Waals surface area contributed by atoms with Gasteiger partial charge >= 0.3 is 0 Å². The Labute approximate surface area is 127 Å². The predicted octanol–water partition coefficient (Wildman–Crippen LogP) is 3.19. The number of nitrogens with zero attached hydrogens (tertiary/aromatic N) is 2. The molecule has 2 aromatic rings. The SMILES string of the molecule is CNc1ncc(C(=O)N(C)Cc2cccc(F)c2)cc1Cl. The van der Waals surface area contributed by atoms with Crippen molar-refractivity contribution < 1.29 is 9.18 Å². The van der Waals surface area contributed by atoms with E-state index in [1.165, 1.54) is 23.2 Å². The van der Waals surface area contributed by atoms with Crippen molar-refractivity contribution in [3.8, 4) is 0 Å². The number of rotatable bonds is 4. The van der Waals surface area contributed by atoms with E-state index < -0.39 is 0 Å². The van der Waals surface area contributed by atoms with Crippen LogP contribution >= 0.6 is 11.6 Å². The lowest BCUT2D eigenvalue weighted by Crippen LogP contribution is -2.26. The van der Waals surface area contributed by atoms with Gasteiger partial charge in [0.25, 0.3) is 5.91 Å². The zero-order valence-corrected chi connectivity index (χ0v) is 12.5. The summed E-state index contributed by atoms with van der Waals surface area (Å²) < 4.78 is 13.1. The van der Waals surface area contributed by atoms with Gasteiger partial charge in [0.05, 0.1) is 10.6 Å². The summed E-state index contributed by atoms with van der Waals surface area (Å²) >= 11 is 6.01. The normalized spacial score (nSPS) is 10.3. The van der Waals surface area contributed by atoms with Gasteiger partial charge in [-0.2, -0.15) is 0 Å². The monoisotopic (exact) mass is 307 g/mol. The van der Waals surface area contributed by atoms with E-state index in [1.54, 1.807) is 32.3 Å². The molecule has 1 heterocycles. The van der Waals surface area contributed by atoms with Gasteiger partial charge in [0.15, 0.2) is 0 Å². The molecule has 1 amide bonds. The van der Waals surface area contributed by atoms with E-state index >= 15 is 0 Å². The molecule has 0 saturated heterocycles. The minimum Gasteiger partial charge on any atom is -0.372 e. The summed E-state index contributed by atoms with van der Waals surface area (Å²) in [5, 5.41) is 3.20. The lowest BCUT2D eigenvalue weighted by Gasteiger charge is -2.17. The molecule has 1 aromatic carbocycles. The van der Waals surface area contributed by atoms with Crippen molar-refractivity contribution in [3.63, 3.8) is 0 Å². The number of anilines is 1. The number of pyridine rings is 1. The Bertz CT molecular complexity index is 663. The molecular formula is C15H15ClFN3O. The van der Waals surface area contributed by atoms with Gasteiger partial charge in [-0.3, -0.25) is 4.79 Å². The first-order valence-electron chi connectivity index (χ1n) is 6.34. The highest BCUT2D eigenvalue weighted by atomic mass is 35.5. The molecule has 1 aromatic heterocycles. The average molecular weight is 308 g/mol. The molecule has 0 atom stereocenters. The molecule has 0 bridgehead atoms. The van der Waals surface area contributed by atoms with Crippen LogP contribution in [0.1, 0.15) is 15.9 Å². The van der Waals surface area contributed by atoms with Crippen molar-refractivity contribution in [1.29, 1.82) is 0 Å². The molecule has 0 saturated carbocycles. The van der Waals surface area contributed by atoms with Gasteiger partial charge in [0.1, 0.15) is 11.6 Å². The molecule has 0 unspecified atom stereocenters. The Balaban J connectivity index is 2.14. The van der Waals surface area contributed by atoms with Crippen molar-refractivity contribution in [2.45, 2.75) is 6.54 Å². The number of hydrogen-bond acceptors (Lipinski definition) is 3. The largest absolute Gasteiger partial charge is 0.372 e. The zero-order valence-electron chi connectivity index (χ0n) is 11.7. The van der Waals surface area contributed by atoms with Crippen molar-refractivity contribution in [1.82, 2.24) is 9.88 Å². The predicted molar refractivity (Wildman–Crippen MR) is 81.0 cm³/mol. The fraction of sp³-hybridized carbons (Fsp3) is 0.200. The highest BCUT2D eigenvalue weighted by Crippen LogP contribution is 2.20. The van der Waals surface area contributed by atoms with E-state index in [1.807, 2.05) is 0 Å². The first-order valence-corrected chi connectivity index (χ1v) is 6.72. The van der Waals surface area contributed by atoms with Gasteiger partial charge in [-0.25, -0.2) is 9.37 Å². The molecular weight excluding hydrogens is 293 g/mol. The summed E-state index contributed by atoms with van der Waals surface area (Å²) in [6, 6.07) is 7.71. The van der Waals surface area contributed by atoms with Crippen LogP contribution in [-0.2, 0) is 6.54 Å². The second-order valence-electron chi connectivity index (χ2n) is 4.60. The highest BCUT2D eigenvalue weighted by Gasteiger charge is 2.14. The van der Waals surface area contributed by atoms with Crippen LogP contribution in [0.4, 0.5) is 10.2 Å². The van der Waals surface area contributed by atoms with Crippen molar-refractivity contribution in [3.05, 3.63) is 58.5 Å². The first kappa shape index (κ1) is 15.3. The maximum atomic E-state index is 13.1. The smallest absolute Gasteiger partial charge is 0.255 e. The van der Waals surface area contributed by atoms with Crippen LogP contribution in [0, 0.1) is 5.82 Å². The van der Waals surface area contributed by atoms with Crippen molar-refractivity contribution in [2.24, 2.45) is 0 Å². The first-order chi connectivity index (χ1) is 10.0. The molecule has 0 fully saturated rings. The van der Waals surface area contributed by atoms with Gasteiger partial charge in [-0.15, -0.1) is 0 Å². The van der Waals surface area contributed by atoms with Crippen LogP contribution in [0.5, 0.6) is 0 Å². The summed E-state index contributed by atoms with van der Waals surface area (Å²) in [7, 11) is 3.35. The minimum absolute atomic E-state index is 0.226. The maximum Gasteiger partial charge on any atom is 0.255 e. The third-order valence-electron chi connectivity index (χ3n) is 2.98. The zero-order chi connectivity index (χ0) is 15.4. The van der Waals surface area contributed by atoms with Gasteiger partial charge in [0.2, 0.25) is 0 Å². The Kier molecular flexibility index (Phi) is 4.75. The third-order valence-corrected chi connectivity index (χ3v) is 3.27. The van der Waals surface area contributed by atoms with Crippen LogP contribution in [-0.4, -0.2) is 29.9 Å². The van der Waals surface area contributed by atoms with Gasteiger partial charge in [0, 0.05) is 26.8 Å². The number of hydrogen-bond donors (Lipinski definition) is 1. The molecule has 0 aliphatic carbocycles. The highest BCUT2D eigenvalue weighted by molar-refractivity contribution is 6.33. The van der Waals surface area contributed by atoms with E-state index in [4.69, 9.17) is 11.6 Å². The fourth-order valence-electron chi connectivity index (χ4n) is 1.94. The van der Waals surface area contributed by atoms with Gasteiger partial charge < -0.3 is 10.2 Å². The summed E-state index contributed by atoms with van der Waals surface area (Å²) in [4.78, 5) is 17.9. The van der Waals surface area contributed by atoms with E-state index in [0.29, 0.717) is 22.9 Å². The summed E-state index contributed by atoms with van der Waals surface area (Å²) in [5.41, 5.74) is 1.11. The molecule has 21 heavy (non-hydrogen) atoms. The standard InChI is InChI=1S/C15H15ClFN3O/c1-18-14-13(16)7-11(8-19-14)15(21)20(2)9-10-4-3-5-12(17)6-10/h3-8H,9H2,1-2H3,(H,18,19). The number of carbonyl (C=O) groups excluding carboxylic acids is 1. The molecule has 6 heteroatoms. The van der Waals surface area contributed by atoms with Crippen LogP contribution in [0.3, 0.4) is 0 Å². The van der Waals surface area contributed by atoms with E-state index in [2.05, 4.69) is 10.3 Å². The van der Waals surface area contributed by atoms with Crippen molar-refractivity contribution >= 4 is 23.3 Å². The Morgan fingerprint density at radius 2 is 2.19 bits per heavy atom. The second kappa shape index (κ2) is 6.54. The van der Waals surface area contributed by atoms with Crippen LogP contribution < -0.4 is 5.32 Å². The van der Waals surface area contributed by atoms with Gasteiger partial charge in [-0.1, -0.05) is 23.7 Å². The lowest BCUT2D eigenvalue weighted by atomic mass is 10.2. The van der Waals surface area contributed by atoms with E-state index in [-0.39, 0.29) is 11.7 Å². The summed E-state index contributed by atoms with van der Waals surface area (Å²) in [6.45, 7) is 0.308. The Hall–Kier alpha value is -2.14. The number of halogens is 2. The Morgan fingerprint density at radius 3 is 2.81 bits per heavy atom. The number of amides is 1. The number of carbonyl (C=O) groups is 1. The summed E-state index contributed by atoms with van der Waals surface area (Å²) in [5.74, 6) is -0.0336. The molecule has 110 valence electrons. The van der Waals surface area contributed by atoms with E-state index in [9.17, 15) is 9.18 Å². The molecule has 0 spiro atoms. The molecule has 4 nitrogen and oxygen atoms in total. The van der Waals surface area contributed by atoms with Crippen LogP contribution in [0.15, 0.2) is 36.5 Å². The summed E-state index contributed by atoms with van der Waals surface area (Å²) in [6.07, 6.45) is 1.46. The quantitative estimate of drug-likeness (QED) is 0.943. The minimum atomic E-state index is -0.323. The molecule has 0 radical (unpaired) electrons. The fourth-order valence-corrected chi connectivity index (χ4v) is 2.20. The Morgan fingerprint density at radius 1 is 1.43 bits per heavy atom. The maximum absolute atomic E-state index is 13.1. The lowest BCUT2D eigenvalue weighted by molar-refractivity contribution is 0.0784. The molecule has 2 rings (SSSR count). The number of benzene rings is 1. The third kappa shape index (κ3) is 3.70. The topological polar surface area (TPSA) is 45.2 Å². The van der Waals surface area contributed by atoms with Gasteiger partial charge in [-0.05, 0) is 23.8 Å². The van der Waals surface area contributed by atoms with Crippen LogP contribution in [0.25, 0.3) is 0 Å².